The molecule has 0 spiro atoms. The summed E-state index contributed by atoms with van der Waals surface area (Å²) in [5.74, 6) is 0.213. The lowest BCUT2D eigenvalue weighted by molar-refractivity contribution is 0.0666. The minimum absolute atomic E-state index is 0.213. The lowest BCUT2D eigenvalue weighted by Crippen LogP contribution is -2.47. The van der Waals surface area contributed by atoms with Crippen molar-refractivity contribution in [1.29, 1.82) is 0 Å². The second kappa shape index (κ2) is 5.68. The first-order valence-electron chi connectivity index (χ1n) is 8.72. The number of amides is 1. The van der Waals surface area contributed by atoms with Gasteiger partial charge in [0.15, 0.2) is 0 Å². The molecule has 4 nitrogen and oxygen atoms in total. The molecule has 2 aromatic rings. The van der Waals surface area contributed by atoms with Crippen LogP contribution in [-0.4, -0.2) is 52.5 Å². The van der Waals surface area contributed by atoms with Gasteiger partial charge in [-0.1, -0.05) is 18.2 Å². The van der Waals surface area contributed by atoms with Crippen LogP contribution in [0.15, 0.2) is 30.5 Å². The molecule has 2 saturated heterocycles. The first-order chi connectivity index (χ1) is 11.2. The van der Waals surface area contributed by atoms with E-state index >= 15 is 0 Å². The number of benzene rings is 1. The summed E-state index contributed by atoms with van der Waals surface area (Å²) >= 11 is 0. The Morgan fingerprint density at radius 2 is 1.78 bits per heavy atom. The van der Waals surface area contributed by atoms with Crippen molar-refractivity contribution in [1.82, 2.24) is 14.4 Å². The molecule has 0 N–H and O–H groups in total. The van der Waals surface area contributed by atoms with Crippen LogP contribution in [0.4, 0.5) is 0 Å². The highest BCUT2D eigenvalue weighted by atomic mass is 16.2. The number of likely N-dealkylation sites (N-methyl/N-ethyl adjacent to an activating group) is 1. The third kappa shape index (κ3) is 2.36. The van der Waals surface area contributed by atoms with Crippen molar-refractivity contribution in [2.24, 2.45) is 7.05 Å². The van der Waals surface area contributed by atoms with Gasteiger partial charge >= 0.3 is 0 Å². The van der Waals surface area contributed by atoms with Gasteiger partial charge in [0.1, 0.15) is 0 Å². The molecule has 122 valence electrons. The van der Waals surface area contributed by atoms with E-state index in [-0.39, 0.29) is 5.91 Å². The Balaban J connectivity index is 1.67. The van der Waals surface area contributed by atoms with E-state index < -0.39 is 0 Å². The fourth-order valence-electron chi connectivity index (χ4n) is 4.53. The Labute approximate surface area is 137 Å². The zero-order valence-electron chi connectivity index (χ0n) is 14.0. The lowest BCUT2D eigenvalue weighted by Gasteiger charge is -2.33. The first-order valence-corrected chi connectivity index (χ1v) is 8.72. The van der Waals surface area contributed by atoms with Gasteiger partial charge in [-0.2, -0.15) is 0 Å². The molecule has 0 saturated carbocycles. The predicted octanol–water partition coefficient (Wildman–Crippen LogP) is 2.88. The number of carbonyl (C=O) groups is 1. The molecule has 4 heteroatoms. The Morgan fingerprint density at radius 3 is 2.57 bits per heavy atom. The number of para-hydroxylation sites is 1. The third-order valence-corrected chi connectivity index (χ3v) is 5.71. The molecule has 1 aromatic carbocycles. The summed E-state index contributed by atoms with van der Waals surface area (Å²) in [6.45, 7) is 2.06. The maximum atomic E-state index is 13.2. The quantitative estimate of drug-likeness (QED) is 0.853. The molecule has 3 heterocycles. The molecule has 4 rings (SSSR count). The Hall–Kier alpha value is -1.81. The van der Waals surface area contributed by atoms with Gasteiger partial charge in [0.2, 0.25) is 0 Å². The van der Waals surface area contributed by atoms with Crippen molar-refractivity contribution in [2.75, 3.05) is 20.1 Å². The summed E-state index contributed by atoms with van der Waals surface area (Å²) in [7, 11) is 4.22. The van der Waals surface area contributed by atoms with Gasteiger partial charge in [0.05, 0.1) is 5.56 Å². The number of nitrogens with zero attached hydrogens (tertiary/aromatic N) is 3. The van der Waals surface area contributed by atoms with E-state index in [4.69, 9.17) is 0 Å². The largest absolute Gasteiger partial charge is 0.350 e. The van der Waals surface area contributed by atoms with Crippen molar-refractivity contribution < 1.29 is 4.79 Å². The monoisotopic (exact) mass is 311 g/mol. The molecule has 1 amide bonds. The first kappa shape index (κ1) is 14.8. The molecule has 2 aliphatic rings. The molecule has 23 heavy (non-hydrogen) atoms. The molecule has 2 fully saturated rings. The number of carbonyl (C=O) groups excluding carboxylic acids is 1. The standard InChI is InChI=1S/C19H25N3O/c1-20-11-5-9-17(20)18-10-6-12-22(18)19(23)15-13-21(2)16-8-4-3-7-14(15)16/h3-4,7-8,13,17-18H,5-6,9-12H2,1-2H3/t17-,18-/m1/s1. The van der Waals surface area contributed by atoms with Crippen molar-refractivity contribution in [3.8, 4) is 0 Å². The van der Waals surface area contributed by atoms with Crippen molar-refractivity contribution in [2.45, 2.75) is 37.8 Å². The van der Waals surface area contributed by atoms with E-state index in [1.54, 1.807) is 0 Å². The fraction of sp³-hybridized carbons (Fsp3) is 0.526. The van der Waals surface area contributed by atoms with Gasteiger partial charge in [-0.25, -0.2) is 0 Å². The molecular weight excluding hydrogens is 286 g/mol. The predicted molar refractivity (Wildman–Crippen MR) is 92.6 cm³/mol. The third-order valence-electron chi connectivity index (χ3n) is 5.71. The van der Waals surface area contributed by atoms with Crippen molar-refractivity contribution >= 4 is 16.8 Å². The van der Waals surface area contributed by atoms with Crippen LogP contribution >= 0.6 is 0 Å². The van der Waals surface area contributed by atoms with Crippen LogP contribution in [0.5, 0.6) is 0 Å². The smallest absolute Gasteiger partial charge is 0.256 e. The molecule has 0 aliphatic carbocycles. The van der Waals surface area contributed by atoms with E-state index in [2.05, 4.69) is 33.5 Å². The van der Waals surface area contributed by atoms with Gasteiger partial charge in [0.25, 0.3) is 5.91 Å². The summed E-state index contributed by atoms with van der Waals surface area (Å²) in [6.07, 6.45) is 6.76. The van der Waals surface area contributed by atoms with Crippen LogP contribution in [0, 0.1) is 0 Å². The topological polar surface area (TPSA) is 28.5 Å². The van der Waals surface area contributed by atoms with Crippen molar-refractivity contribution in [3.05, 3.63) is 36.0 Å². The van der Waals surface area contributed by atoms with Crippen LogP contribution in [0.2, 0.25) is 0 Å². The van der Waals surface area contributed by atoms with Crippen LogP contribution in [0.3, 0.4) is 0 Å². The fourth-order valence-corrected chi connectivity index (χ4v) is 4.53. The lowest BCUT2D eigenvalue weighted by atomic mass is 10.0. The summed E-state index contributed by atoms with van der Waals surface area (Å²) in [5.41, 5.74) is 1.99. The Bertz CT molecular complexity index is 735. The Kier molecular flexibility index (Phi) is 3.64. The van der Waals surface area contributed by atoms with Gasteiger partial charge in [0, 0.05) is 42.8 Å². The zero-order valence-corrected chi connectivity index (χ0v) is 14.0. The highest BCUT2D eigenvalue weighted by molar-refractivity contribution is 6.07. The van der Waals surface area contributed by atoms with E-state index in [1.807, 2.05) is 25.4 Å². The number of hydrogen-bond donors (Lipinski definition) is 0. The van der Waals surface area contributed by atoms with Crippen LogP contribution in [0.1, 0.15) is 36.0 Å². The van der Waals surface area contributed by atoms with Gasteiger partial charge < -0.3 is 14.4 Å². The average Bonchev–Trinajstić information content (AvgIpc) is 3.26. The number of likely N-dealkylation sites (tertiary alicyclic amines) is 2. The molecule has 1 aromatic heterocycles. The SMILES string of the molecule is CN1CCC[C@@H]1[C@H]1CCCN1C(=O)c1cn(C)c2ccccc12. The normalized spacial score (nSPS) is 25.6. The van der Waals surface area contributed by atoms with Gasteiger partial charge in [-0.15, -0.1) is 0 Å². The minimum Gasteiger partial charge on any atom is -0.350 e. The van der Waals surface area contributed by atoms with Crippen LogP contribution < -0.4 is 0 Å². The van der Waals surface area contributed by atoms with E-state index in [9.17, 15) is 4.79 Å². The van der Waals surface area contributed by atoms with Gasteiger partial charge in [-0.3, -0.25) is 4.79 Å². The average molecular weight is 311 g/mol. The van der Waals surface area contributed by atoms with E-state index in [0.717, 1.165) is 42.4 Å². The van der Waals surface area contributed by atoms with Gasteiger partial charge in [-0.05, 0) is 45.3 Å². The number of aromatic nitrogens is 1. The van der Waals surface area contributed by atoms with Crippen molar-refractivity contribution in [3.63, 3.8) is 0 Å². The Morgan fingerprint density at radius 1 is 1.04 bits per heavy atom. The maximum Gasteiger partial charge on any atom is 0.256 e. The molecule has 2 aliphatic heterocycles. The van der Waals surface area contributed by atoms with E-state index in [0.29, 0.717) is 12.1 Å². The zero-order chi connectivity index (χ0) is 16.0. The number of fused-ring (bicyclic) bond motifs is 1. The number of hydrogen-bond acceptors (Lipinski definition) is 2. The van der Waals surface area contributed by atoms with E-state index in [1.165, 1.54) is 12.8 Å². The summed E-state index contributed by atoms with van der Waals surface area (Å²) in [5, 5.41) is 1.07. The molecule has 0 radical (unpaired) electrons. The summed E-state index contributed by atoms with van der Waals surface area (Å²) in [6, 6.07) is 9.12. The van der Waals surface area contributed by atoms with Crippen LogP contribution in [-0.2, 0) is 7.05 Å². The van der Waals surface area contributed by atoms with Crippen LogP contribution in [0.25, 0.3) is 10.9 Å². The minimum atomic E-state index is 0.213. The second-order valence-electron chi connectivity index (χ2n) is 7.07. The number of rotatable bonds is 2. The second-order valence-corrected chi connectivity index (χ2v) is 7.07. The highest BCUT2D eigenvalue weighted by Gasteiger charge is 2.39. The molecular formula is C19H25N3O. The highest BCUT2D eigenvalue weighted by Crippen LogP contribution is 2.31. The summed E-state index contributed by atoms with van der Waals surface area (Å²) in [4.78, 5) is 17.8. The molecule has 2 atom stereocenters. The molecule has 0 bridgehead atoms. The number of aryl methyl sites for hydroxylation is 1. The maximum absolute atomic E-state index is 13.2. The molecule has 0 unspecified atom stereocenters. The summed E-state index contributed by atoms with van der Waals surface area (Å²) < 4.78 is 2.06.